The van der Waals surface area contributed by atoms with E-state index < -0.39 is 0 Å². The van der Waals surface area contributed by atoms with Gasteiger partial charge in [-0.15, -0.1) is 10.2 Å². The maximum absolute atomic E-state index is 13.1. The van der Waals surface area contributed by atoms with Gasteiger partial charge in [-0.25, -0.2) is 0 Å². The van der Waals surface area contributed by atoms with Crippen molar-refractivity contribution in [3.63, 3.8) is 0 Å². The highest BCUT2D eigenvalue weighted by atomic mass is 32.2. The molecule has 0 amide bonds. The van der Waals surface area contributed by atoms with Crippen LogP contribution >= 0.6 is 11.8 Å². The fraction of sp³-hybridized carbons (Fsp3) is 0.318. The van der Waals surface area contributed by atoms with Crippen molar-refractivity contribution in [2.24, 2.45) is 0 Å². The van der Waals surface area contributed by atoms with E-state index in [0.29, 0.717) is 53.8 Å². The molecule has 10 heteroatoms. The van der Waals surface area contributed by atoms with Crippen LogP contribution in [-0.4, -0.2) is 37.3 Å². The fourth-order valence-electron chi connectivity index (χ4n) is 3.66. The predicted molar refractivity (Wildman–Crippen MR) is 123 cm³/mol. The molecule has 0 saturated carbocycles. The summed E-state index contributed by atoms with van der Waals surface area (Å²) in [6.07, 6.45) is 0.684. The van der Waals surface area contributed by atoms with Gasteiger partial charge in [-0.3, -0.25) is 23.9 Å². The molecule has 4 aromatic rings. The monoisotopic (exact) mass is 453 g/mol. The Bertz CT molecular complexity index is 1350. The number of benzene rings is 2. The Morgan fingerprint density at radius 3 is 2.75 bits per heavy atom. The van der Waals surface area contributed by atoms with Crippen molar-refractivity contribution < 1.29 is 9.66 Å². The summed E-state index contributed by atoms with van der Waals surface area (Å²) in [6.45, 7) is 5.35. The fourth-order valence-corrected chi connectivity index (χ4v) is 4.67. The van der Waals surface area contributed by atoms with E-state index in [2.05, 4.69) is 10.2 Å². The van der Waals surface area contributed by atoms with Gasteiger partial charge in [-0.05, 0) is 38.0 Å². The van der Waals surface area contributed by atoms with E-state index in [1.54, 1.807) is 23.6 Å². The number of thioether (sulfide) groups is 1. The molecule has 2 heterocycles. The lowest BCUT2D eigenvalue weighted by molar-refractivity contribution is -0.385. The molecule has 0 N–H and O–H groups in total. The third-order valence-corrected chi connectivity index (χ3v) is 6.30. The minimum Gasteiger partial charge on any atom is -0.382 e. The number of nitrogens with zero attached hydrogens (tertiary/aromatic N) is 5. The number of hydrogen-bond donors (Lipinski definition) is 0. The highest BCUT2D eigenvalue weighted by Gasteiger charge is 2.18. The van der Waals surface area contributed by atoms with E-state index in [4.69, 9.17) is 4.74 Å². The second-order valence-electron chi connectivity index (χ2n) is 7.25. The number of ether oxygens (including phenoxy) is 1. The van der Waals surface area contributed by atoms with Crippen LogP contribution in [-0.2, 0) is 17.0 Å². The first kappa shape index (κ1) is 22.0. The summed E-state index contributed by atoms with van der Waals surface area (Å²) in [5, 5.41) is 21.1. The van der Waals surface area contributed by atoms with Crippen molar-refractivity contribution in [1.82, 2.24) is 19.2 Å². The van der Waals surface area contributed by atoms with Crippen molar-refractivity contribution in [3.8, 4) is 0 Å². The molecule has 0 atom stereocenters. The Morgan fingerprint density at radius 2 is 1.97 bits per heavy atom. The zero-order valence-corrected chi connectivity index (χ0v) is 18.7. The topological polar surface area (TPSA) is 105 Å². The summed E-state index contributed by atoms with van der Waals surface area (Å²) in [5.41, 5.74) is 2.22. The first-order chi connectivity index (χ1) is 15.5. The van der Waals surface area contributed by atoms with E-state index in [0.717, 1.165) is 11.1 Å². The van der Waals surface area contributed by atoms with Crippen molar-refractivity contribution >= 4 is 34.1 Å². The van der Waals surface area contributed by atoms with E-state index in [9.17, 15) is 14.9 Å². The highest BCUT2D eigenvalue weighted by molar-refractivity contribution is 7.98. The molecule has 0 spiro atoms. The van der Waals surface area contributed by atoms with Crippen LogP contribution in [0.15, 0.2) is 52.4 Å². The Balaban J connectivity index is 1.74. The number of aryl methyl sites for hydroxylation is 1. The van der Waals surface area contributed by atoms with Crippen LogP contribution in [0.4, 0.5) is 5.69 Å². The molecule has 0 aliphatic heterocycles. The van der Waals surface area contributed by atoms with Crippen molar-refractivity contribution in [3.05, 3.63) is 74.1 Å². The van der Waals surface area contributed by atoms with Gasteiger partial charge in [0.05, 0.1) is 15.8 Å². The number of nitro groups is 1. The lowest BCUT2D eigenvalue weighted by atomic mass is 10.1. The SMILES string of the molecule is CCOCCCn1c(=O)c2ccccc2n2c(SCc3cccc([N+](=O)[O-])c3C)nnc12. The number of aromatic nitrogens is 4. The van der Waals surface area contributed by atoms with Gasteiger partial charge in [0.2, 0.25) is 5.78 Å². The van der Waals surface area contributed by atoms with Gasteiger partial charge in [0.25, 0.3) is 11.2 Å². The highest BCUT2D eigenvalue weighted by Crippen LogP contribution is 2.29. The molecule has 0 aliphatic carbocycles. The minimum absolute atomic E-state index is 0.0998. The van der Waals surface area contributed by atoms with Crippen LogP contribution in [0.3, 0.4) is 0 Å². The average molecular weight is 454 g/mol. The number of para-hydroxylation sites is 1. The van der Waals surface area contributed by atoms with Crippen LogP contribution in [0.1, 0.15) is 24.5 Å². The molecule has 0 unspecified atom stereocenters. The Kier molecular flexibility index (Phi) is 6.52. The third-order valence-electron chi connectivity index (χ3n) is 5.32. The number of fused-ring (bicyclic) bond motifs is 3. The summed E-state index contributed by atoms with van der Waals surface area (Å²) in [6, 6.07) is 12.5. The normalized spacial score (nSPS) is 11.4. The molecular weight excluding hydrogens is 430 g/mol. The Labute approximate surface area is 188 Å². The van der Waals surface area contributed by atoms with Gasteiger partial charge in [0, 0.05) is 37.1 Å². The van der Waals surface area contributed by atoms with Crippen molar-refractivity contribution in [2.75, 3.05) is 13.2 Å². The molecule has 2 aromatic heterocycles. The second kappa shape index (κ2) is 9.49. The van der Waals surface area contributed by atoms with Crippen molar-refractivity contribution in [1.29, 1.82) is 0 Å². The maximum Gasteiger partial charge on any atom is 0.272 e. The summed E-state index contributed by atoms with van der Waals surface area (Å²) in [5.74, 6) is 0.968. The maximum atomic E-state index is 13.1. The van der Waals surface area contributed by atoms with E-state index >= 15 is 0 Å². The Morgan fingerprint density at radius 1 is 1.16 bits per heavy atom. The molecule has 0 aliphatic rings. The summed E-state index contributed by atoms with van der Waals surface area (Å²) < 4.78 is 8.93. The zero-order chi connectivity index (χ0) is 22.7. The first-order valence-electron chi connectivity index (χ1n) is 10.3. The van der Waals surface area contributed by atoms with Crippen LogP contribution in [0, 0.1) is 17.0 Å². The lowest BCUT2D eigenvalue weighted by Crippen LogP contribution is -2.24. The van der Waals surface area contributed by atoms with Crippen LogP contribution in [0.2, 0.25) is 0 Å². The number of rotatable bonds is 9. The van der Waals surface area contributed by atoms with Gasteiger partial charge in [-0.1, -0.05) is 36.0 Å². The van der Waals surface area contributed by atoms with Gasteiger partial charge < -0.3 is 4.74 Å². The molecule has 0 fully saturated rings. The molecular formula is C22H23N5O4S. The first-order valence-corrected chi connectivity index (χ1v) is 11.3. The molecule has 0 radical (unpaired) electrons. The quantitative estimate of drug-likeness (QED) is 0.163. The van der Waals surface area contributed by atoms with Crippen LogP contribution in [0.25, 0.3) is 16.7 Å². The Hall–Kier alpha value is -3.24. The summed E-state index contributed by atoms with van der Waals surface area (Å²) in [7, 11) is 0. The molecule has 166 valence electrons. The van der Waals surface area contributed by atoms with Crippen LogP contribution < -0.4 is 5.56 Å². The van der Waals surface area contributed by atoms with Gasteiger partial charge in [0.1, 0.15) is 0 Å². The number of nitro benzene ring substituents is 1. The number of hydrogen-bond acceptors (Lipinski definition) is 7. The molecule has 0 bridgehead atoms. The lowest BCUT2D eigenvalue weighted by Gasteiger charge is -2.11. The molecule has 32 heavy (non-hydrogen) atoms. The van der Waals surface area contributed by atoms with E-state index in [1.165, 1.54) is 17.8 Å². The van der Waals surface area contributed by atoms with E-state index in [1.807, 2.05) is 35.6 Å². The van der Waals surface area contributed by atoms with Gasteiger partial charge >= 0.3 is 0 Å². The standard InChI is InChI=1S/C22H23N5O4S/c1-3-31-13-7-12-25-20(28)17-9-4-5-10-19(17)26-21(25)23-24-22(26)32-14-16-8-6-11-18(15(16)2)27(29)30/h4-6,8-11H,3,7,12-14H2,1-2H3. The smallest absolute Gasteiger partial charge is 0.272 e. The van der Waals surface area contributed by atoms with Crippen LogP contribution in [0.5, 0.6) is 0 Å². The largest absolute Gasteiger partial charge is 0.382 e. The van der Waals surface area contributed by atoms with Crippen molar-refractivity contribution in [2.45, 2.75) is 37.7 Å². The minimum atomic E-state index is -0.371. The molecule has 2 aromatic carbocycles. The average Bonchev–Trinajstić information content (AvgIpc) is 3.21. The predicted octanol–water partition coefficient (Wildman–Crippen LogP) is 3.98. The summed E-state index contributed by atoms with van der Waals surface area (Å²) in [4.78, 5) is 24.0. The summed E-state index contributed by atoms with van der Waals surface area (Å²) >= 11 is 1.43. The van der Waals surface area contributed by atoms with E-state index in [-0.39, 0.29) is 16.2 Å². The molecule has 0 saturated heterocycles. The molecule has 9 nitrogen and oxygen atoms in total. The molecule has 4 rings (SSSR count). The third kappa shape index (κ3) is 4.11. The zero-order valence-electron chi connectivity index (χ0n) is 17.9. The second-order valence-corrected chi connectivity index (χ2v) is 8.19. The van der Waals surface area contributed by atoms with Gasteiger partial charge in [0.15, 0.2) is 5.16 Å². The van der Waals surface area contributed by atoms with Gasteiger partial charge in [-0.2, -0.15) is 0 Å².